The predicted octanol–water partition coefficient (Wildman–Crippen LogP) is 2.51. The molecule has 9 heteroatoms. The first kappa shape index (κ1) is 17.6. The molecule has 3 rings (SSSR count). The van der Waals surface area contributed by atoms with Gasteiger partial charge in [0.05, 0.1) is 19.3 Å². The van der Waals surface area contributed by atoms with Crippen LogP contribution in [-0.4, -0.2) is 45.5 Å². The number of anilines is 1. The van der Waals surface area contributed by atoms with Crippen molar-refractivity contribution in [2.24, 2.45) is 0 Å². The third-order valence-electron chi connectivity index (χ3n) is 3.77. The fraction of sp³-hybridized carbons (Fsp3) is 0.250. The maximum atomic E-state index is 12.1. The Morgan fingerprint density at radius 2 is 2.12 bits per heavy atom. The van der Waals surface area contributed by atoms with Crippen molar-refractivity contribution in [3.8, 4) is 11.4 Å². The Bertz CT molecular complexity index is 810. The summed E-state index contributed by atoms with van der Waals surface area (Å²) in [6, 6.07) is 5.02. The number of ether oxygens (including phenoxy) is 1. The normalized spacial score (nSPS) is 17.4. The first-order valence-corrected chi connectivity index (χ1v) is 8.22. The third kappa shape index (κ3) is 3.89. The summed E-state index contributed by atoms with van der Waals surface area (Å²) in [6.07, 6.45) is 1.29. The molecule has 130 valence electrons. The molecule has 1 fully saturated rings. The first-order chi connectivity index (χ1) is 12.0. The Balaban J connectivity index is 2.03. The summed E-state index contributed by atoms with van der Waals surface area (Å²) in [5, 5.41) is 0.465. The largest absolute Gasteiger partial charge is 0.377 e. The number of aromatic nitrogens is 3. The van der Waals surface area contributed by atoms with Gasteiger partial charge < -0.3 is 15.4 Å². The van der Waals surface area contributed by atoms with Crippen LogP contribution < -0.4 is 5.73 Å². The van der Waals surface area contributed by atoms with Crippen LogP contribution in [0.3, 0.4) is 0 Å². The highest BCUT2D eigenvalue weighted by molar-refractivity contribution is 6.31. The number of nitrogens with two attached hydrogens (primary N) is 1. The van der Waals surface area contributed by atoms with E-state index < -0.39 is 0 Å². The van der Waals surface area contributed by atoms with Crippen LogP contribution in [0.1, 0.15) is 11.6 Å². The van der Waals surface area contributed by atoms with E-state index in [1.54, 1.807) is 17.0 Å². The molecule has 2 N–H and O–H groups in total. The van der Waals surface area contributed by atoms with Crippen molar-refractivity contribution in [1.82, 2.24) is 19.9 Å². The van der Waals surface area contributed by atoms with Crippen LogP contribution in [0.4, 0.5) is 5.95 Å². The molecule has 7 nitrogen and oxygen atoms in total. The fourth-order valence-electron chi connectivity index (χ4n) is 2.69. The van der Waals surface area contributed by atoms with Gasteiger partial charge in [-0.1, -0.05) is 18.2 Å². The molecule has 0 spiro atoms. The van der Waals surface area contributed by atoms with Crippen molar-refractivity contribution in [2.75, 3.05) is 25.5 Å². The number of nitrogens with zero attached hydrogens (tertiary/aromatic N) is 4. The number of nitrogen functional groups attached to an aromatic ring is 1. The van der Waals surface area contributed by atoms with E-state index >= 15 is 0 Å². The smallest absolute Gasteiger partial charge is 0.246 e. The van der Waals surface area contributed by atoms with E-state index in [0.29, 0.717) is 36.2 Å². The maximum absolute atomic E-state index is 12.1. The Hall–Kier alpha value is -2.22. The lowest BCUT2D eigenvalue weighted by Crippen LogP contribution is -2.42. The highest BCUT2D eigenvalue weighted by Crippen LogP contribution is 2.31. The molecule has 1 aromatic heterocycles. The van der Waals surface area contributed by atoms with Gasteiger partial charge in [-0.05, 0) is 41.4 Å². The lowest BCUT2D eigenvalue weighted by molar-refractivity contribution is -0.134. The molecule has 1 atom stereocenters. The molecule has 25 heavy (non-hydrogen) atoms. The van der Waals surface area contributed by atoms with Crippen molar-refractivity contribution in [3.05, 3.63) is 46.7 Å². The molecule has 1 aliphatic rings. The number of morpholine rings is 1. The fourth-order valence-corrected chi connectivity index (χ4v) is 3.10. The van der Waals surface area contributed by atoms with Gasteiger partial charge in [-0.15, -0.1) is 0 Å². The zero-order valence-electron chi connectivity index (χ0n) is 13.2. The van der Waals surface area contributed by atoms with Crippen LogP contribution in [0.25, 0.3) is 11.4 Å². The predicted molar refractivity (Wildman–Crippen MR) is 95.2 cm³/mol. The number of hydrogen-bond donors (Lipinski definition) is 1. The van der Waals surface area contributed by atoms with E-state index in [-0.39, 0.29) is 23.2 Å². The SMILES string of the molecule is C=CC(=O)N1CCOC[C@H]1c1cc(Cl)cc(-c2nc(N)nc(Cl)n2)c1. The number of halogens is 2. The van der Waals surface area contributed by atoms with Crippen LogP contribution >= 0.6 is 23.2 Å². The minimum Gasteiger partial charge on any atom is -0.377 e. The number of carbonyl (C=O) groups is 1. The van der Waals surface area contributed by atoms with Crippen LogP contribution in [0.2, 0.25) is 10.3 Å². The minimum atomic E-state index is -0.286. The standard InChI is InChI=1S/C16H15Cl2N5O2/c1-2-13(24)23-3-4-25-8-12(23)9-5-10(7-11(17)6-9)14-20-15(18)22-16(19)21-14/h2,5-7,12H,1,3-4,8H2,(H2,19,20,21,22)/t12-/m0/s1. The summed E-state index contributed by atoms with van der Waals surface area (Å²) in [4.78, 5) is 25.7. The lowest BCUT2D eigenvalue weighted by Gasteiger charge is -2.35. The van der Waals surface area contributed by atoms with Crippen molar-refractivity contribution in [3.63, 3.8) is 0 Å². The molecule has 1 amide bonds. The molecule has 0 aliphatic carbocycles. The number of rotatable bonds is 3. The van der Waals surface area contributed by atoms with Gasteiger partial charge in [-0.2, -0.15) is 15.0 Å². The third-order valence-corrected chi connectivity index (χ3v) is 4.16. The van der Waals surface area contributed by atoms with Crippen molar-refractivity contribution >= 4 is 35.1 Å². The topological polar surface area (TPSA) is 94.2 Å². The van der Waals surface area contributed by atoms with Crippen LogP contribution in [0.15, 0.2) is 30.9 Å². The van der Waals surface area contributed by atoms with Gasteiger partial charge in [0, 0.05) is 17.1 Å². The lowest BCUT2D eigenvalue weighted by atomic mass is 10.0. The van der Waals surface area contributed by atoms with Crippen molar-refractivity contribution < 1.29 is 9.53 Å². The molecule has 0 radical (unpaired) electrons. The quantitative estimate of drug-likeness (QED) is 0.823. The summed E-state index contributed by atoms with van der Waals surface area (Å²) in [7, 11) is 0. The van der Waals surface area contributed by atoms with E-state index in [1.807, 2.05) is 6.07 Å². The second kappa shape index (κ2) is 7.35. The number of carbonyl (C=O) groups excluding carboxylic acids is 1. The zero-order chi connectivity index (χ0) is 18.0. The maximum Gasteiger partial charge on any atom is 0.246 e. The van der Waals surface area contributed by atoms with Gasteiger partial charge in [0.1, 0.15) is 0 Å². The summed E-state index contributed by atoms with van der Waals surface area (Å²) >= 11 is 12.1. The van der Waals surface area contributed by atoms with E-state index in [4.69, 9.17) is 33.7 Å². The van der Waals surface area contributed by atoms with E-state index in [0.717, 1.165) is 5.56 Å². The minimum absolute atomic E-state index is 0.00603. The first-order valence-electron chi connectivity index (χ1n) is 7.46. The van der Waals surface area contributed by atoms with E-state index in [9.17, 15) is 4.79 Å². The summed E-state index contributed by atoms with van der Waals surface area (Å²) in [5.41, 5.74) is 7.05. The number of amides is 1. The summed E-state index contributed by atoms with van der Waals surface area (Å²) in [6.45, 7) is 4.86. The molecule has 1 aliphatic heterocycles. The molecular weight excluding hydrogens is 365 g/mol. The van der Waals surface area contributed by atoms with Gasteiger partial charge in [0.15, 0.2) is 5.82 Å². The molecule has 1 saturated heterocycles. The van der Waals surface area contributed by atoms with Gasteiger partial charge in [-0.3, -0.25) is 4.79 Å². The second-order valence-electron chi connectivity index (χ2n) is 5.39. The van der Waals surface area contributed by atoms with Crippen LogP contribution in [-0.2, 0) is 9.53 Å². The summed E-state index contributed by atoms with van der Waals surface area (Å²) in [5.74, 6) is 0.155. The molecule has 0 bridgehead atoms. The Morgan fingerprint density at radius 3 is 2.84 bits per heavy atom. The Morgan fingerprint density at radius 1 is 1.32 bits per heavy atom. The molecular formula is C16H15Cl2N5O2. The monoisotopic (exact) mass is 379 g/mol. The Kier molecular flexibility index (Phi) is 5.17. The van der Waals surface area contributed by atoms with E-state index in [2.05, 4.69) is 21.5 Å². The average molecular weight is 380 g/mol. The average Bonchev–Trinajstić information content (AvgIpc) is 2.59. The number of hydrogen-bond acceptors (Lipinski definition) is 6. The molecule has 1 aromatic carbocycles. The van der Waals surface area contributed by atoms with Crippen molar-refractivity contribution in [2.45, 2.75) is 6.04 Å². The molecule has 0 saturated carbocycles. The zero-order valence-corrected chi connectivity index (χ0v) is 14.7. The summed E-state index contributed by atoms with van der Waals surface area (Å²) < 4.78 is 5.53. The molecule has 0 unspecified atom stereocenters. The van der Waals surface area contributed by atoms with Gasteiger partial charge in [-0.25, -0.2) is 0 Å². The van der Waals surface area contributed by atoms with E-state index in [1.165, 1.54) is 6.08 Å². The second-order valence-corrected chi connectivity index (χ2v) is 6.16. The molecule has 2 aromatic rings. The number of benzene rings is 1. The molecule has 2 heterocycles. The highest BCUT2D eigenvalue weighted by Gasteiger charge is 2.28. The highest BCUT2D eigenvalue weighted by atomic mass is 35.5. The van der Waals surface area contributed by atoms with Gasteiger partial charge >= 0.3 is 0 Å². The Labute approximate surface area is 154 Å². The van der Waals surface area contributed by atoms with Gasteiger partial charge in [0.2, 0.25) is 17.1 Å². The van der Waals surface area contributed by atoms with Gasteiger partial charge in [0.25, 0.3) is 0 Å². The van der Waals surface area contributed by atoms with Crippen molar-refractivity contribution in [1.29, 1.82) is 0 Å². The van der Waals surface area contributed by atoms with Crippen LogP contribution in [0, 0.1) is 0 Å². The van der Waals surface area contributed by atoms with Crippen LogP contribution in [0.5, 0.6) is 0 Å².